The Kier molecular flexibility index (Phi) is 3.57. The summed E-state index contributed by atoms with van der Waals surface area (Å²) in [6.45, 7) is 0.945. The smallest absolute Gasteiger partial charge is 0.320 e. The van der Waals surface area contributed by atoms with Gasteiger partial charge in [-0.25, -0.2) is 9.18 Å². The zero-order chi connectivity index (χ0) is 13.1. The van der Waals surface area contributed by atoms with Gasteiger partial charge in [-0.05, 0) is 32.1 Å². The fourth-order valence-electron chi connectivity index (χ4n) is 1.87. The molecule has 96 valence electrons. The summed E-state index contributed by atoms with van der Waals surface area (Å²) >= 11 is 0. The van der Waals surface area contributed by atoms with Gasteiger partial charge in [-0.1, -0.05) is 6.07 Å². The molecule has 0 unspecified atom stereocenters. The molecule has 2 N–H and O–H groups in total. The average molecular weight is 251 g/mol. The van der Waals surface area contributed by atoms with Crippen molar-refractivity contribution >= 4 is 10.9 Å². The molecule has 0 bridgehead atoms. The van der Waals surface area contributed by atoms with Gasteiger partial charge in [-0.15, -0.1) is 0 Å². The van der Waals surface area contributed by atoms with Crippen molar-refractivity contribution in [1.29, 1.82) is 0 Å². The molecule has 0 fully saturated rings. The van der Waals surface area contributed by atoms with E-state index in [0.29, 0.717) is 13.0 Å². The van der Waals surface area contributed by atoms with E-state index in [-0.39, 0.29) is 17.4 Å². The number of aromatic nitrogens is 2. The zero-order valence-corrected chi connectivity index (χ0v) is 10.00. The Morgan fingerprint density at radius 2 is 2.17 bits per heavy atom. The molecule has 6 heteroatoms. The highest BCUT2D eigenvalue weighted by molar-refractivity contribution is 5.77. The molecule has 0 aliphatic heterocycles. The van der Waals surface area contributed by atoms with Crippen LogP contribution in [0.5, 0.6) is 0 Å². The van der Waals surface area contributed by atoms with Crippen molar-refractivity contribution in [2.45, 2.75) is 13.0 Å². The van der Waals surface area contributed by atoms with Crippen LogP contribution in [0.4, 0.5) is 4.39 Å². The van der Waals surface area contributed by atoms with Crippen molar-refractivity contribution in [3.63, 3.8) is 0 Å². The molecule has 1 aromatic carbocycles. The number of halogens is 1. The first kappa shape index (κ1) is 12.5. The Labute approximate surface area is 102 Å². The van der Waals surface area contributed by atoms with E-state index < -0.39 is 17.1 Å². The summed E-state index contributed by atoms with van der Waals surface area (Å²) < 4.78 is 14.6. The zero-order valence-electron chi connectivity index (χ0n) is 10.00. The van der Waals surface area contributed by atoms with Crippen molar-refractivity contribution in [2.75, 3.05) is 13.6 Å². The minimum atomic E-state index is -0.615. The number of benzene rings is 1. The number of H-pyrrole nitrogens is 1. The van der Waals surface area contributed by atoms with Crippen LogP contribution in [-0.2, 0) is 6.54 Å². The molecule has 0 aliphatic rings. The molecule has 0 spiro atoms. The van der Waals surface area contributed by atoms with Crippen molar-refractivity contribution in [1.82, 2.24) is 14.9 Å². The van der Waals surface area contributed by atoms with E-state index >= 15 is 0 Å². The second kappa shape index (κ2) is 5.14. The highest BCUT2D eigenvalue weighted by atomic mass is 19.1. The number of hydrogen-bond acceptors (Lipinski definition) is 3. The van der Waals surface area contributed by atoms with Crippen LogP contribution in [-0.4, -0.2) is 23.1 Å². The van der Waals surface area contributed by atoms with E-state index in [0.717, 1.165) is 4.57 Å². The normalized spacial score (nSPS) is 11.0. The van der Waals surface area contributed by atoms with Crippen LogP contribution in [0, 0.1) is 5.82 Å². The quantitative estimate of drug-likeness (QED) is 0.775. The van der Waals surface area contributed by atoms with Gasteiger partial charge in [0, 0.05) is 6.54 Å². The van der Waals surface area contributed by atoms with Crippen molar-refractivity contribution < 1.29 is 4.39 Å². The average Bonchev–Trinajstić information content (AvgIpc) is 2.33. The lowest BCUT2D eigenvalue weighted by atomic mass is 10.2. The first-order valence-corrected chi connectivity index (χ1v) is 5.71. The maximum absolute atomic E-state index is 13.6. The fraction of sp³-hybridized carbons (Fsp3) is 0.333. The van der Waals surface area contributed by atoms with E-state index in [4.69, 9.17) is 0 Å². The lowest BCUT2D eigenvalue weighted by molar-refractivity contribution is 0.573. The predicted molar refractivity (Wildman–Crippen MR) is 67.3 cm³/mol. The molecule has 0 saturated heterocycles. The van der Waals surface area contributed by atoms with E-state index in [2.05, 4.69) is 10.3 Å². The highest BCUT2D eigenvalue weighted by Gasteiger charge is 2.10. The summed E-state index contributed by atoms with van der Waals surface area (Å²) in [5, 5.41) is 2.86. The summed E-state index contributed by atoms with van der Waals surface area (Å²) in [5.41, 5.74) is -0.855. The van der Waals surface area contributed by atoms with Gasteiger partial charge in [0.05, 0.1) is 10.9 Å². The predicted octanol–water partition coefficient (Wildman–Crippen LogP) is 0.438. The third kappa shape index (κ3) is 2.19. The largest absolute Gasteiger partial charge is 0.328 e. The van der Waals surface area contributed by atoms with E-state index in [1.807, 2.05) is 0 Å². The molecule has 2 rings (SSSR count). The monoisotopic (exact) mass is 251 g/mol. The second-order valence-electron chi connectivity index (χ2n) is 4.01. The molecular formula is C12H14FN3O2. The number of nitrogens with one attached hydrogen (secondary N) is 2. The Morgan fingerprint density at radius 1 is 1.39 bits per heavy atom. The molecule has 1 aromatic heterocycles. The summed E-state index contributed by atoms with van der Waals surface area (Å²) in [5.74, 6) is -0.615. The number of fused-ring (bicyclic) bond motifs is 1. The molecule has 0 amide bonds. The summed E-state index contributed by atoms with van der Waals surface area (Å²) in [4.78, 5) is 26.3. The number of aromatic amines is 1. The van der Waals surface area contributed by atoms with Gasteiger partial charge in [0.25, 0.3) is 5.56 Å². The van der Waals surface area contributed by atoms with Gasteiger partial charge in [-0.2, -0.15) is 0 Å². The van der Waals surface area contributed by atoms with Gasteiger partial charge in [0.15, 0.2) is 0 Å². The minimum Gasteiger partial charge on any atom is -0.320 e. The molecule has 5 nitrogen and oxygen atoms in total. The van der Waals surface area contributed by atoms with Crippen molar-refractivity contribution in [2.24, 2.45) is 0 Å². The van der Waals surface area contributed by atoms with Gasteiger partial charge >= 0.3 is 5.69 Å². The summed E-state index contributed by atoms with van der Waals surface area (Å²) in [6.07, 6.45) is 0.624. The van der Waals surface area contributed by atoms with Gasteiger partial charge in [-0.3, -0.25) is 9.36 Å². The first-order chi connectivity index (χ1) is 8.65. The third-order valence-corrected chi connectivity index (χ3v) is 2.77. The Morgan fingerprint density at radius 3 is 2.89 bits per heavy atom. The number of rotatable bonds is 4. The molecule has 0 radical (unpaired) electrons. The standard InChI is InChI=1S/C12H14FN3O2/c1-14-6-3-7-16-11(17)10-8(13)4-2-5-9(10)15-12(16)18/h2,4-5,14H,3,6-7H2,1H3,(H,15,18). The second-order valence-corrected chi connectivity index (χ2v) is 4.01. The third-order valence-electron chi connectivity index (χ3n) is 2.77. The van der Waals surface area contributed by atoms with Crippen LogP contribution in [0.3, 0.4) is 0 Å². The lowest BCUT2D eigenvalue weighted by Gasteiger charge is -2.06. The van der Waals surface area contributed by atoms with Crippen molar-refractivity contribution in [3.8, 4) is 0 Å². The van der Waals surface area contributed by atoms with Crippen molar-refractivity contribution in [3.05, 3.63) is 44.9 Å². The van der Waals surface area contributed by atoms with E-state index in [9.17, 15) is 14.0 Å². The van der Waals surface area contributed by atoms with Gasteiger partial charge in [0.1, 0.15) is 5.82 Å². The van der Waals surface area contributed by atoms with Crippen LogP contribution < -0.4 is 16.6 Å². The number of hydrogen-bond donors (Lipinski definition) is 2. The maximum atomic E-state index is 13.6. The van der Waals surface area contributed by atoms with Gasteiger partial charge in [0.2, 0.25) is 0 Å². The van der Waals surface area contributed by atoms with E-state index in [1.165, 1.54) is 18.2 Å². The molecular weight excluding hydrogens is 237 g/mol. The summed E-state index contributed by atoms with van der Waals surface area (Å²) in [7, 11) is 1.78. The Balaban J connectivity index is 2.58. The molecule has 0 atom stereocenters. The summed E-state index contributed by atoms with van der Waals surface area (Å²) in [6, 6.07) is 4.18. The SMILES string of the molecule is CNCCCn1c(=O)[nH]c2cccc(F)c2c1=O. The first-order valence-electron chi connectivity index (χ1n) is 5.71. The van der Waals surface area contributed by atoms with Crippen LogP contribution >= 0.6 is 0 Å². The van der Waals surface area contributed by atoms with Crippen LogP contribution in [0.25, 0.3) is 10.9 Å². The molecule has 1 heterocycles. The Bertz CT molecular complexity index is 675. The molecule has 2 aromatic rings. The molecule has 0 aliphatic carbocycles. The Hall–Kier alpha value is -1.95. The van der Waals surface area contributed by atoms with Crippen LogP contribution in [0.2, 0.25) is 0 Å². The molecule has 18 heavy (non-hydrogen) atoms. The van der Waals surface area contributed by atoms with E-state index in [1.54, 1.807) is 7.05 Å². The highest BCUT2D eigenvalue weighted by Crippen LogP contribution is 2.09. The number of nitrogens with zero attached hydrogens (tertiary/aromatic N) is 1. The minimum absolute atomic E-state index is 0.0680. The van der Waals surface area contributed by atoms with Crippen LogP contribution in [0.15, 0.2) is 27.8 Å². The topological polar surface area (TPSA) is 66.9 Å². The lowest BCUT2D eigenvalue weighted by Crippen LogP contribution is -2.36. The van der Waals surface area contributed by atoms with Gasteiger partial charge < -0.3 is 10.3 Å². The molecule has 0 saturated carbocycles. The fourth-order valence-corrected chi connectivity index (χ4v) is 1.87. The maximum Gasteiger partial charge on any atom is 0.328 e. The van der Waals surface area contributed by atoms with Crippen LogP contribution in [0.1, 0.15) is 6.42 Å².